The van der Waals surface area contributed by atoms with Gasteiger partial charge in [0.15, 0.2) is 0 Å². The molecule has 1 nitrogen and oxygen atoms in total. The molecule has 0 aromatic carbocycles. The van der Waals surface area contributed by atoms with Gasteiger partial charge in [0.25, 0.3) is 0 Å². The van der Waals surface area contributed by atoms with Crippen molar-refractivity contribution in [3.63, 3.8) is 0 Å². The molecule has 0 aromatic rings. The van der Waals surface area contributed by atoms with E-state index in [0.717, 1.165) is 25.0 Å². The fourth-order valence-corrected chi connectivity index (χ4v) is 1.14. The average molecular weight is 149 g/mol. The van der Waals surface area contributed by atoms with Crippen molar-refractivity contribution in [1.29, 1.82) is 0 Å². The molecule has 0 spiro atoms. The van der Waals surface area contributed by atoms with Crippen molar-refractivity contribution >= 4 is 0 Å². The highest BCUT2D eigenvalue weighted by Gasteiger charge is 2.00. The quantitative estimate of drug-likeness (QED) is 0.641. The molecule has 11 heavy (non-hydrogen) atoms. The molecule has 2 N–H and O–H groups in total. The summed E-state index contributed by atoms with van der Waals surface area (Å²) >= 11 is 0. The lowest BCUT2D eigenvalue weighted by Gasteiger charge is -2.07. The van der Waals surface area contributed by atoms with Crippen molar-refractivity contribution < 1.29 is 0 Å². The first-order valence-electron chi connectivity index (χ1n) is 4.16. The topological polar surface area (TPSA) is 26.0 Å². The maximum atomic E-state index is 5.76. The van der Waals surface area contributed by atoms with Crippen molar-refractivity contribution in [3.8, 4) is 0 Å². The van der Waals surface area contributed by atoms with Gasteiger partial charge in [0, 0.05) is 5.70 Å². The van der Waals surface area contributed by atoms with Gasteiger partial charge in [-0.15, -0.1) is 0 Å². The van der Waals surface area contributed by atoms with Crippen LogP contribution in [0.25, 0.3) is 0 Å². The van der Waals surface area contributed by atoms with Crippen LogP contribution in [0.1, 0.15) is 26.2 Å². The minimum Gasteiger partial charge on any atom is -0.399 e. The molecule has 0 atom stereocenters. The monoisotopic (exact) mass is 149 g/mol. The number of rotatable bonds is 2. The molecule has 0 unspecified atom stereocenters. The van der Waals surface area contributed by atoms with Gasteiger partial charge in [0.1, 0.15) is 0 Å². The third kappa shape index (κ3) is 2.26. The smallest absolute Gasteiger partial charge is 0.0343 e. The summed E-state index contributed by atoms with van der Waals surface area (Å²) in [5.74, 6) is 0. The Hall–Kier alpha value is -0.980. The highest BCUT2D eigenvalue weighted by Crippen LogP contribution is 2.16. The van der Waals surface area contributed by atoms with E-state index in [2.05, 4.69) is 25.2 Å². The van der Waals surface area contributed by atoms with E-state index < -0.39 is 0 Å². The van der Waals surface area contributed by atoms with E-state index in [-0.39, 0.29) is 0 Å². The lowest BCUT2D eigenvalue weighted by molar-refractivity contribution is 0.960. The van der Waals surface area contributed by atoms with Crippen LogP contribution in [0.2, 0.25) is 0 Å². The van der Waals surface area contributed by atoms with Gasteiger partial charge < -0.3 is 5.73 Å². The van der Waals surface area contributed by atoms with Crippen LogP contribution in [-0.2, 0) is 0 Å². The first-order chi connectivity index (χ1) is 5.34. The van der Waals surface area contributed by atoms with Crippen LogP contribution < -0.4 is 5.73 Å². The largest absolute Gasteiger partial charge is 0.399 e. The summed E-state index contributed by atoms with van der Waals surface area (Å²) in [7, 11) is 0. The Balaban J connectivity index is 2.67. The summed E-state index contributed by atoms with van der Waals surface area (Å²) in [6, 6.07) is 0. The minimum absolute atomic E-state index is 0.931. The van der Waals surface area contributed by atoms with Crippen molar-refractivity contribution in [2.75, 3.05) is 0 Å². The third-order valence-corrected chi connectivity index (χ3v) is 1.80. The van der Waals surface area contributed by atoms with E-state index in [1.54, 1.807) is 0 Å². The Morgan fingerprint density at radius 3 is 3.09 bits per heavy atom. The maximum absolute atomic E-state index is 5.76. The summed E-state index contributed by atoms with van der Waals surface area (Å²) in [4.78, 5) is 0. The lowest BCUT2D eigenvalue weighted by atomic mass is 10.0. The van der Waals surface area contributed by atoms with Gasteiger partial charge in [-0.2, -0.15) is 0 Å². The number of hydrogen-bond acceptors (Lipinski definition) is 1. The summed E-state index contributed by atoms with van der Waals surface area (Å²) in [6.07, 6.45) is 11.7. The molecule has 0 bridgehead atoms. The highest BCUT2D eigenvalue weighted by molar-refractivity contribution is 5.33. The molecule has 0 amide bonds. The Bertz CT molecular complexity index is 209. The Labute approximate surface area is 68.3 Å². The van der Waals surface area contributed by atoms with Crippen LogP contribution in [0.4, 0.5) is 0 Å². The van der Waals surface area contributed by atoms with Crippen molar-refractivity contribution in [2.24, 2.45) is 5.73 Å². The van der Waals surface area contributed by atoms with E-state index in [0.29, 0.717) is 0 Å². The minimum atomic E-state index is 0.931. The first kappa shape index (κ1) is 8.12. The second-order valence-electron chi connectivity index (χ2n) is 2.73. The van der Waals surface area contributed by atoms with Crippen LogP contribution >= 0.6 is 0 Å². The van der Waals surface area contributed by atoms with Gasteiger partial charge >= 0.3 is 0 Å². The molecule has 0 aromatic heterocycles. The highest BCUT2D eigenvalue weighted by atomic mass is 14.6. The first-order valence-corrected chi connectivity index (χ1v) is 4.16. The molecular formula is C10H15N. The van der Waals surface area contributed by atoms with Gasteiger partial charge in [-0.05, 0) is 30.9 Å². The Morgan fingerprint density at radius 2 is 2.45 bits per heavy atom. The van der Waals surface area contributed by atoms with Gasteiger partial charge in [0.2, 0.25) is 0 Å². The fourth-order valence-electron chi connectivity index (χ4n) is 1.14. The fraction of sp³-hybridized carbons (Fsp3) is 0.400. The van der Waals surface area contributed by atoms with Gasteiger partial charge in [0.05, 0.1) is 0 Å². The summed E-state index contributed by atoms with van der Waals surface area (Å²) in [5, 5.41) is 0. The number of hydrogen-bond donors (Lipinski definition) is 1. The van der Waals surface area contributed by atoms with Gasteiger partial charge in [-0.3, -0.25) is 0 Å². The summed E-state index contributed by atoms with van der Waals surface area (Å²) in [5.41, 5.74) is 7.98. The van der Waals surface area contributed by atoms with E-state index in [4.69, 9.17) is 5.73 Å². The zero-order chi connectivity index (χ0) is 8.10. The molecule has 0 saturated carbocycles. The third-order valence-electron chi connectivity index (χ3n) is 1.80. The normalized spacial score (nSPS) is 18.3. The molecule has 1 rings (SSSR count). The molecule has 0 heterocycles. The second-order valence-corrected chi connectivity index (χ2v) is 2.73. The second kappa shape index (κ2) is 4.02. The van der Waals surface area contributed by atoms with Crippen molar-refractivity contribution in [3.05, 3.63) is 35.6 Å². The van der Waals surface area contributed by atoms with E-state index in [9.17, 15) is 0 Å². The number of nitrogens with two attached hydrogens (primary N) is 1. The van der Waals surface area contributed by atoms with Gasteiger partial charge in [-0.1, -0.05) is 25.2 Å². The lowest BCUT2D eigenvalue weighted by Crippen LogP contribution is -2.01. The molecule has 1 heteroatoms. The molecule has 0 saturated heterocycles. The molecule has 0 aliphatic heterocycles. The van der Waals surface area contributed by atoms with Gasteiger partial charge in [-0.25, -0.2) is 0 Å². The molecule has 0 fully saturated rings. The van der Waals surface area contributed by atoms with Crippen molar-refractivity contribution in [1.82, 2.24) is 0 Å². The predicted molar refractivity (Wildman–Crippen MR) is 49.0 cm³/mol. The molecule has 1 aliphatic rings. The van der Waals surface area contributed by atoms with Crippen LogP contribution in [0, 0.1) is 0 Å². The Morgan fingerprint density at radius 1 is 1.64 bits per heavy atom. The van der Waals surface area contributed by atoms with Crippen LogP contribution in [0.5, 0.6) is 0 Å². The van der Waals surface area contributed by atoms with E-state index in [1.807, 2.05) is 6.08 Å². The van der Waals surface area contributed by atoms with E-state index >= 15 is 0 Å². The average Bonchev–Trinajstić information content (AvgIpc) is 2.03. The van der Waals surface area contributed by atoms with Crippen LogP contribution in [0.15, 0.2) is 35.6 Å². The molecule has 1 aliphatic carbocycles. The number of allylic oxidation sites excluding steroid dienone is 5. The van der Waals surface area contributed by atoms with Crippen LogP contribution in [0.3, 0.4) is 0 Å². The standard InChI is InChI=1S/C10H15N/c1-2-3-6-9-7-4-5-8-10(9)11/h3,5-6,8H,2,4,7,11H2,1H3/b6-3-. The summed E-state index contributed by atoms with van der Waals surface area (Å²) in [6.45, 7) is 2.13. The molecule has 60 valence electrons. The Kier molecular flexibility index (Phi) is 2.96. The van der Waals surface area contributed by atoms with Crippen molar-refractivity contribution in [2.45, 2.75) is 26.2 Å². The zero-order valence-electron chi connectivity index (χ0n) is 7.01. The zero-order valence-corrected chi connectivity index (χ0v) is 7.01. The summed E-state index contributed by atoms with van der Waals surface area (Å²) < 4.78 is 0. The maximum Gasteiger partial charge on any atom is 0.0343 e. The van der Waals surface area contributed by atoms with Crippen LogP contribution in [-0.4, -0.2) is 0 Å². The van der Waals surface area contributed by atoms with E-state index in [1.165, 1.54) is 5.57 Å². The SMILES string of the molecule is CC/C=C\C1=C(N)C=CCC1. The molecule has 0 radical (unpaired) electrons. The molecular weight excluding hydrogens is 134 g/mol. The predicted octanol–water partition coefficient (Wildman–Crippen LogP) is 2.52.